The number of nitrogens with two attached hydrogens (primary N) is 1. The molecule has 0 amide bonds. The third-order valence-corrected chi connectivity index (χ3v) is 3.88. The largest absolute Gasteiger partial charge is 0.453 e. The predicted octanol–water partition coefficient (Wildman–Crippen LogP) is 3.42. The van der Waals surface area contributed by atoms with Crippen molar-refractivity contribution < 1.29 is 13.2 Å². The highest BCUT2D eigenvalue weighted by Gasteiger charge is 2.39. The molecule has 6 nitrogen and oxygen atoms in total. The molecule has 2 aromatic rings. The van der Waals surface area contributed by atoms with Crippen molar-refractivity contribution in [3.63, 3.8) is 0 Å². The summed E-state index contributed by atoms with van der Waals surface area (Å²) in [5.74, 6) is -1.87. The Balaban J connectivity index is 2.14. The highest BCUT2D eigenvalue weighted by molar-refractivity contribution is 6.35. The van der Waals surface area contributed by atoms with Crippen LogP contribution >= 0.6 is 23.2 Å². The van der Waals surface area contributed by atoms with Gasteiger partial charge in [-0.1, -0.05) is 29.3 Å². The smallest absolute Gasteiger partial charge is 0.383 e. The highest BCUT2D eigenvalue weighted by atomic mass is 35.5. The number of rotatable bonds is 1. The summed E-state index contributed by atoms with van der Waals surface area (Å²) >= 11 is 11.9. The Morgan fingerprint density at radius 2 is 2.04 bits per heavy atom. The van der Waals surface area contributed by atoms with Crippen molar-refractivity contribution in [2.45, 2.75) is 12.2 Å². The van der Waals surface area contributed by atoms with Crippen LogP contribution in [-0.2, 0) is 6.18 Å². The zero-order valence-corrected chi connectivity index (χ0v) is 13.1. The van der Waals surface area contributed by atoms with Gasteiger partial charge < -0.3 is 11.1 Å². The second kappa shape index (κ2) is 5.58. The van der Waals surface area contributed by atoms with Crippen LogP contribution in [0, 0.1) is 11.3 Å². The van der Waals surface area contributed by atoms with Crippen molar-refractivity contribution in [1.29, 1.82) is 5.26 Å². The third kappa shape index (κ3) is 2.64. The van der Waals surface area contributed by atoms with Crippen molar-refractivity contribution in [1.82, 2.24) is 14.8 Å². The fraction of sp³-hybridized carbons (Fsp3) is 0.154. The lowest BCUT2D eigenvalue weighted by atomic mass is 9.98. The van der Waals surface area contributed by atoms with Gasteiger partial charge in [-0.3, -0.25) is 0 Å². The van der Waals surface area contributed by atoms with E-state index in [0.29, 0.717) is 10.6 Å². The minimum atomic E-state index is -4.74. The summed E-state index contributed by atoms with van der Waals surface area (Å²) in [5, 5.41) is 15.9. The van der Waals surface area contributed by atoms with E-state index in [1.54, 1.807) is 6.07 Å². The van der Waals surface area contributed by atoms with Gasteiger partial charge in [-0.25, -0.2) is 0 Å². The number of hydrogen-bond acceptors (Lipinski definition) is 5. The number of halogens is 5. The van der Waals surface area contributed by atoms with Crippen molar-refractivity contribution in [2.75, 3.05) is 5.32 Å². The molecule has 0 fully saturated rings. The zero-order valence-electron chi connectivity index (χ0n) is 11.6. The van der Waals surface area contributed by atoms with E-state index in [1.165, 1.54) is 12.1 Å². The standard InChI is InChI=1S/C13H7Cl2F3N6/c14-5-1-2-6(8(15)3-5)9-7(4-19)10(20)24-12(21-9)22-11(23-24)13(16,17)18/h1-3,9H,20H2,(H,21,22,23). The zero-order chi connectivity index (χ0) is 17.6. The first-order chi connectivity index (χ1) is 11.2. The maximum atomic E-state index is 12.8. The molecule has 124 valence electrons. The highest BCUT2D eigenvalue weighted by Crippen LogP contribution is 2.38. The second-order valence-electron chi connectivity index (χ2n) is 4.82. The first-order valence-electron chi connectivity index (χ1n) is 6.38. The Bertz CT molecular complexity index is 896. The minimum absolute atomic E-state index is 0.0367. The molecule has 24 heavy (non-hydrogen) atoms. The summed E-state index contributed by atoms with van der Waals surface area (Å²) in [5.41, 5.74) is 6.19. The van der Waals surface area contributed by atoms with Crippen LogP contribution in [0.25, 0.3) is 5.82 Å². The summed E-state index contributed by atoms with van der Waals surface area (Å²) in [4.78, 5) is 3.39. The summed E-state index contributed by atoms with van der Waals surface area (Å²) in [6, 6.07) is 5.52. The van der Waals surface area contributed by atoms with Gasteiger partial charge in [0.15, 0.2) is 0 Å². The van der Waals surface area contributed by atoms with Gasteiger partial charge >= 0.3 is 6.18 Å². The normalized spacial score (nSPS) is 17.2. The van der Waals surface area contributed by atoms with Crippen LogP contribution in [0.5, 0.6) is 0 Å². The first kappa shape index (κ1) is 16.4. The lowest BCUT2D eigenvalue weighted by molar-refractivity contribution is -0.144. The maximum absolute atomic E-state index is 12.8. The van der Waals surface area contributed by atoms with Crippen LogP contribution in [0.1, 0.15) is 17.4 Å². The van der Waals surface area contributed by atoms with Crippen LogP contribution in [0.4, 0.5) is 19.1 Å². The summed E-state index contributed by atoms with van der Waals surface area (Å²) in [6.07, 6.45) is -4.74. The maximum Gasteiger partial charge on any atom is 0.453 e. The Kier molecular flexibility index (Phi) is 3.81. The summed E-state index contributed by atoms with van der Waals surface area (Å²) < 4.78 is 39.1. The molecule has 1 aromatic carbocycles. The third-order valence-electron chi connectivity index (χ3n) is 3.32. The second-order valence-corrected chi connectivity index (χ2v) is 5.67. The van der Waals surface area contributed by atoms with Crippen LogP contribution in [0.3, 0.4) is 0 Å². The Hall–Kier alpha value is -2.44. The molecule has 0 radical (unpaired) electrons. The van der Waals surface area contributed by atoms with Crippen molar-refractivity contribution in [2.24, 2.45) is 5.73 Å². The van der Waals surface area contributed by atoms with Gasteiger partial charge in [0.2, 0.25) is 5.95 Å². The average Bonchev–Trinajstić information content (AvgIpc) is 2.92. The number of hydrogen-bond donors (Lipinski definition) is 2. The SMILES string of the molecule is N#CC1=C(N)n2nc(C(F)(F)F)nc2NC1c1ccc(Cl)cc1Cl. The fourth-order valence-electron chi connectivity index (χ4n) is 2.25. The Morgan fingerprint density at radius 1 is 1.33 bits per heavy atom. The molecule has 1 atom stereocenters. The number of nitrogens with one attached hydrogen (secondary N) is 1. The molecule has 3 N–H and O–H groups in total. The molecule has 0 spiro atoms. The van der Waals surface area contributed by atoms with E-state index in [2.05, 4.69) is 15.4 Å². The van der Waals surface area contributed by atoms with Crippen molar-refractivity contribution in [3.05, 3.63) is 45.2 Å². The van der Waals surface area contributed by atoms with Gasteiger partial charge in [0.1, 0.15) is 11.9 Å². The van der Waals surface area contributed by atoms with Gasteiger partial charge in [-0.15, -0.1) is 5.10 Å². The molecule has 0 bridgehead atoms. The van der Waals surface area contributed by atoms with E-state index in [4.69, 9.17) is 28.9 Å². The lowest BCUT2D eigenvalue weighted by Crippen LogP contribution is -2.27. The molecule has 3 rings (SSSR count). The molecular weight excluding hydrogens is 368 g/mol. The van der Waals surface area contributed by atoms with E-state index in [-0.39, 0.29) is 22.4 Å². The van der Waals surface area contributed by atoms with Gasteiger partial charge in [0, 0.05) is 10.0 Å². The molecule has 1 aliphatic rings. The summed E-state index contributed by atoms with van der Waals surface area (Å²) in [7, 11) is 0. The van der Waals surface area contributed by atoms with Crippen LogP contribution in [0.15, 0.2) is 23.8 Å². The number of benzene rings is 1. The number of nitriles is 1. The molecule has 0 aliphatic carbocycles. The van der Waals surface area contributed by atoms with Crippen molar-refractivity contribution in [3.8, 4) is 6.07 Å². The Labute approximate surface area is 143 Å². The van der Waals surface area contributed by atoms with Gasteiger partial charge in [-0.2, -0.15) is 28.1 Å². The number of anilines is 1. The number of aromatic nitrogens is 3. The molecule has 2 heterocycles. The minimum Gasteiger partial charge on any atom is -0.383 e. The van der Waals surface area contributed by atoms with E-state index in [9.17, 15) is 18.4 Å². The monoisotopic (exact) mass is 374 g/mol. The number of fused-ring (bicyclic) bond motifs is 1. The topological polar surface area (TPSA) is 92.5 Å². The van der Waals surface area contributed by atoms with Gasteiger partial charge in [0.05, 0.1) is 11.6 Å². The quantitative estimate of drug-likeness (QED) is 0.797. The van der Waals surface area contributed by atoms with E-state index in [0.717, 1.165) is 4.68 Å². The van der Waals surface area contributed by atoms with E-state index >= 15 is 0 Å². The van der Waals surface area contributed by atoms with Crippen LogP contribution in [-0.4, -0.2) is 14.8 Å². The van der Waals surface area contributed by atoms with Crippen molar-refractivity contribution >= 4 is 35.0 Å². The van der Waals surface area contributed by atoms with Gasteiger partial charge in [-0.05, 0) is 17.7 Å². The van der Waals surface area contributed by atoms with Gasteiger partial charge in [0.25, 0.3) is 5.82 Å². The molecule has 1 unspecified atom stereocenters. The first-order valence-corrected chi connectivity index (χ1v) is 7.14. The molecule has 11 heteroatoms. The number of nitrogens with zero attached hydrogens (tertiary/aromatic N) is 4. The molecule has 1 aliphatic heterocycles. The predicted molar refractivity (Wildman–Crippen MR) is 80.9 cm³/mol. The lowest BCUT2D eigenvalue weighted by Gasteiger charge is -2.25. The Morgan fingerprint density at radius 3 is 2.62 bits per heavy atom. The molecule has 0 saturated carbocycles. The van der Waals surface area contributed by atoms with E-state index < -0.39 is 18.0 Å². The molecule has 1 aromatic heterocycles. The van der Waals surface area contributed by atoms with E-state index in [1.807, 2.05) is 6.07 Å². The van der Waals surface area contributed by atoms with Crippen LogP contribution < -0.4 is 11.1 Å². The van der Waals surface area contributed by atoms with Crippen LogP contribution in [0.2, 0.25) is 10.0 Å². The molecule has 0 saturated heterocycles. The number of alkyl halides is 3. The fourth-order valence-corrected chi connectivity index (χ4v) is 2.77. The molecular formula is C13H7Cl2F3N6. The summed E-state index contributed by atoms with van der Waals surface area (Å²) in [6.45, 7) is 0. The average molecular weight is 375 g/mol.